The Balaban J connectivity index is 2.20. The van der Waals surface area contributed by atoms with Gasteiger partial charge < -0.3 is 4.90 Å². The van der Waals surface area contributed by atoms with Crippen LogP contribution >= 0.6 is 0 Å². The highest BCUT2D eigenvalue weighted by atomic mass is 19.1. The fourth-order valence-corrected chi connectivity index (χ4v) is 2.27. The van der Waals surface area contributed by atoms with Crippen LogP contribution in [0.15, 0.2) is 36.0 Å². The maximum atomic E-state index is 12.9. The molecule has 0 heterocycles. The van der Waals surface area contributed by atoms with Gasteiger partial charge in [0.05, 0.1) is 5.57 Å². The summed E-state index contributed by atoms with van der Waals surface area (Å²) in [6, 6.07) is 5.99. The standard InChI is InChI=1S/C15H16FNO2/c1-17(2)9-13-14(18)7-11(8-15(13)19)10-3-5-12(16)6-4-10/h3-6,9,11H,7-8H2,1-2H3. The van der Waals surface area contributed by atoms with E-state index < -0.39 is 0 Å². The normalized spacial score (nSPS) is 19.5. The lowest BCUT2D eigenvalue weighted by molar-refractivity contribution is -0.124. The number of carbonyl (C=O) groups excluding carboxylic acids is 2. The molecule has 0 amide bonds. The summed E-state index contributed by atoms with van der Waals surface area (Å²) in [6.45, 7) is 0. The fourth-order valence-electron chi connectivity index (χ4n) is 2.27. The Labute approximate surface area is 111 Å². The number of Topliss-reactive ketones (excluding diaryl/α,β-unsaturated/α-hetero) is 2. The average Bonchev–Trinajstić information content (AvgIpc) is 2.34. The molecule has 4 heteroatoms. The molecular formula is C15H16FNO2. The number of hydrogen-bond acceptors (Lipinski definition) is 3. The van der Waals surface area contributed by atoms with Crippen LogP contribution in [-0.4, -0.2) is 30.6 Å². The van der Waals surface area contributed by atoms with Crippen molar-refractivity contribution >= 4 is 11.6 Å². The molecule has 0 saturated heterocycles. The number of benzene rings is 1. The van der Waals surface area contributed by atoms with Crippen LogP contribution in [-0.2, 0) is 9.59 Å². The van der Waals surface area contributed by atoms with Crippen LogP contribution in [0.25, 0.3) is 0 Å². The number of hydrogen-bond donors (Lipinski definition) is 0. The van der Waals surface area contributed by atoms with Crippen molar-refractivity contribution in [2.45, 2.75) is 18.8 Å². The van der Waals surface area contributed by atoms with Crippen LogP contribution in [0, 0.1) is 5.82 Å². The molecule has 1 aromatic carbocycles. The first kappa shape index (κ1) is 13.5. The van der Waals surface area contributed by atoms with Gasteiger partial charge in [-0.3, -0.25) is 9.59 Å². The molecular weight excluding hydrogens is 245 g/mol. The zero-order valence-corrected chi connectivity index (χ0v) is 11.0. The minimum absolute atomic E-state index is 0.139. The van der Waals surface area contributed by atoms with Crippen molar-refractivity contribution in [3.8, 4) is 0 Å². The summed E-state index contributed by atoms with van der Waals surface area (Å²) in [6.07, 6.45) is 2.18. The lowest BCUT2D eigenvalue weighted by atomic mass is 9.80. The summed E-state index contributed by atoms with van der Waals surface area (Å²) >= 11 is 0. The van der Waals surface area contributed by atoms with Crippen LogP contribution in [0.4, 0.5) is 4.39 Å². The second kappa shape index (κ2) is 5.34. The van der Waals surface area contributed by atoms with E-state index in [0.29, 0.717) is 12.8 Å². The Morgan fingerprint density at radius 2 is 1.63 bits per heavy atom. The van der Waals surface area contributed by atoms with E-state index in [-0.39, 0.29) is 28.9 Å². The van der Waals surface area contributed by atoms with Crippen molar-refractivity contribution in [3.05, 3.63) is 47.4 Å². The smallest absolute Gasteiger partial charge is 0.168 e. The molecule has 1 aromatic rings. The Kier molecular flexibility index (Phi) is 3.79. The number of carbonyl (C=O) groups is 2. The van der Waals surface area contributed by atoms with Gasteiger partial charge in [0, 0.05) is 33.1 Å². The van der Waals surface area contributed by atoms with Gasteiger partial charge in [-0.15, -0.1) is 0 Å². The van der Waals surface area contributed by atoms with Gasteiger partial charge in [-0.25, -0.2) is 4.39 Å². The maximum absolute atomic E-state index is 12.9. The zero-order valence-electron chi connectivity index (χ0n) is 11.0. The first-order valence-corrected chi connectivity index (χ1v) is 6.17. The van der Waals surface area contributed by atoms with Crippen molar-refractivity contribution in [3.63, 3.8) is 0 Å². The van der Waals surface area contributed by atoms with Crippen LogP contribution < -0.4 is 0 Å². The Morgan fingerprint density at radius 1 is 1.11 bits per heavy atom. The third kappa shape index (κ3) is 3.08. The second-order valence-corrected chi connectivity index (χ2v) is 5.01. The molecule has 1 aliphatic rings. The first-order valence-electron chi connectivity index (χ1n) is 6.17. The number of ketones is 2. The highest BCUT2D eigenvalue weighted by molar-refractivity contribution is 6.22. The number of allylic oxidation sites excluding steroid dienone is 1. The van der Waals surface area contributed by atoms with Gasteiger partial charge in [0.1, 0.15) is 5.82 Å². The molecule has 1 fully saturated rings. The van der Waals surface area contributed by atoms with Crippen molar-refractivity contribution < 1.29 is 14.0 Å². The van der Waals surface area contributed by atoms with Crippen molar-refractivity contribution in [1.82, 2.24) is 4.90 Å². The molecule has 1 saturated carbocycles. The largest absolute Gasteiger partial charge is 0.383 e. The fraction of sp³-hybridized carbons (Fsp3) is 0.333. The number of rotatable bonds is 2. The SMILES string of the molecule is CN(C)C=C1C(=O)CC(c2ccc(F)cc2)CC1=O. The van der Waals surface area contributed by atoms with Gasteiger partial charge >= 0.3 is 0 Å². The third-order valence-electron chi connectivity index (χ3n) is 3.19. The molecule has 0 bridgehead atoms. The second-order valence-electron chi connectivity index (χ2n) is 5.01. The molecule has 0 radical (unpaired) electrons. The monoisotopic (exact) mass is 261 g/mol. The van der Waals surface area contributed by atoms with Crippen LogP contribution in [0.5, 0.6) is 0 Å². The summed E-state index contributed by atoms with van der Waals surface area (Å²) < 4.78 is 12.9. The van der Waals surface area contributed by atoms with Gasteiger partial charge in [0.25, 0.3) is 0 Å². The average molecular weight is 261 g/mol. The lowest BCUT2D eigenvalue weighted by Crippen LogP contribution is -2.26. The number of halogens is 1. The quantitative estimate of drug-likeness (QED) is 0.605. The topological polar surface area (TPSA) is 37.4 Å². The molecule has 100 valence electrons. The molecule has 19 heavy (non-hydrogen) atoms. The third-order valence-corrected chi connectivity index (χ3v) is 3.19. The minimum Gasteiger partial charge on any atom is -0.383 e. The summed E-state index contributed by atoms with van der Waals surface area (Å²) in [5, 5.41) is 0. The molecule has 0 unspecified atom stereocenters. The highest BCUT2D eigenvalue weighted by Gasteiger charge is 2.31. The Bertz CT molecular complexity index is 512. The van der Waals surface area contributed by atoms with Gasteiger partial charge in [-0.05, 0) is 23.6 Å². The summed E-state index contributed by atoms with van der Waals surface area (Å²) in [7, 11) is 3.55. The Morgan fingerprint density at radius 3 is 2.11 bits per heavy atom. The molecule has 0 spiro atoms. The van der Waals surface area contributed by atoms with Crippen molar-refractivity contribution in [2.75, 3.05) is 14.1 Å². The van der Waals surface area contributed by atoms with E-state index in [1.54, 1.807) is 37.3 Å². The van der Waals surface area contributed by atoms with E-state index in [2.05, 4.69) is 0 Å². The van der Waals surface area contributed by atoms with Gasteiger partial charge in [0.2, 0.25) is 0 Å². The lowest BCUT2D eigenvalue weighted by Gasteiger charge is -2.23. The maximum Gasteiger partial charge on any atom is 0.168 e. The predicted octanol–water partition coefficient (Wildman–Crippen LogP) is 2.29. The van der Waals surface area contributed by atoms with Gasteiger partial charge in [-0.1, -0.05) is 12.1 Å². The molecule has 3 nitrogen and oxygen atoms in total. The van der Waals surface area contributed by atoms with Crippen molar-refractivity contribution in [2.24, 2.45) is 0 Å². The van der Waals surface area contributed by atoms with Crippen LogP contribution in [0.2, 0.25) is 0 Å². The minimum atomic E-state index is -0.314. The van der Waals surface area contributed by atoms with Crippen LogP contribution in [0.3, 0.4) is 0 Å². The predicted molar refractivity (Wildman–Crippen MR) is 70.2 cm³/mol. The highest BCUT2D eigenvalue weighted by Crippen LogP contribution is 2.31. The van der Waals surface area contributed by atoms with Gasteiger partial charge in [0.15, 0.2) is 11.6 Å². The summed E-state index contributed by atoms with van der Waals surface area (Å²) in [5.74, 6) is -0.733. The zero-order chi connectivity index (χ0) is 14.0. The number of nitrogens with zero attached hydrogens (tertiary/aromatic N) is 1. The van der Waals surface area contributed by atoms with E-state index in [1.807, 2.05) is 0 Å². The van der Waals surface area contributed by atoms with E-state index in [1.165, 1.54) is 12.1 Å². The van der Waals surface area contributed by atoms with Crippen molar-refractivity contribution in [1.29, 1.82) is 0 Å². The molecule has 0 aromatic heterocycles. The molecule has 1 aliphatic carbocycles. The summed E-state index contributed by atoms with van der Waals surface area (Å²) in [4.78, 5) is 25.7. The molecule has 0 aliphatic heterocycles. The summed E-state index contributed by atoms with van der Waals surface area (Å²) in [5.41, 5.74) is 1.11. The molecule has 0 N–H and O–H groups in total. The van der Waals surface area contributed by atoms with E-state index in [4.69, 9.17) is 0 Å². The molecule has 0 atom stereocenters. The van der Waals surface area contributed by atoms with Gasteiger partial charge in [-0.2, -0.15) is 0 Å². The Hall–Kier alpha value is -1.97. The molecule has 2 rings (SSSR count). The van der Waals surface area contributed by atoms with Crippen LogP contribution in [0.1, 0.15) is 24.3 Å². The van der Waals surface area contributed by atoms with E-state index in [9.17, 15) is 14.0 Å². The first-order chi connectivity index (χ1) is 8.97. The van der Waals surface area contributed by atoms with E-state index in [0.717, 1.165) is 5.56 Å². The van der Waals surface area contributed by atoms with E-state index >= 15 is 0 Å².